The monoisotopic (exact) mass is 287 g/mol. The van der Waals surface area contributed by atoms with Gasteiger partial charge in [-0.05, 0) is 43.1 Å². The molecule has 1 aliphatic rings. The fourth-order valence-corrected chi connectivity index (χ4v) is 2.57. The van der Waals surface area contributed by atoms with E-state index >= 15 is 0 Å². The lowest BCUT2D eigenvalue weighted by molar-refractivity contribution is 0.153. The summed E-state index contributed by atoms with van der Waals surface area (Å²) in [5, 5.41) is 9.21. The molecule has 1 aliphatic heterocycles. The molecular formula is C12H15BrFNO. The zero-order valence-corrected chi connectivity index (χ0v) is 10.6. The Bertz CT molecular complexity index is 372. The average molecular weight is 288 g/mol. The molecule has 4 heteroatoms. The summed E-state index contributed by atoms with van der Waals surface area (Å²) in [7, 11) is 0. The molecule has 1 heterocycles. The largest absolute Gasteiger partial charge is 0.395 e. The minimum Gasteiger partial charge on any atom is -0.395 e. The van der Waals surface area contributed by atoms with Gasteiger partial charge >= 0.3 is 0 Å². The first-order valence-electron chi connectivity index (χ1n) is 5.49. The average Bonchev–Trinajstić information content (AvgIpc) is 2.71. The standard InChI is InChI=1S/C12H15BrFNO/c13-12-4-3-10(14)6-9(12)7-15-5-1-2-11(15)8-16/h3-4,6,11,16H,1-2,5,7-8H2/t11-/m1/s1. The molecule has 0 bridgehead atoms. The highest BCUT2D eigenvalue weighted by Gasteiger charge is 2.24. The molecule has 0 aromatic heterocycles. The number of rotatable bonds is 3. The van der Waals surface area contributed by atoms with Gasteiger partial charge in [-0.15, -0.1) is 0 Å². The zero-order valence-electron chi connectivity index (χ0n) is 9.00. The van der Waals surface area contributed by atoms with Gasteiger partial charge in [-0.2, -0.15) is 0 Å². The van der Waals surface area contributed by atoms with Gasteiger partial charge in [0, 0.05) is 17.1 Å². The van der Waals surface area contributed by atoms with E-state index in [2.05, 4.69) is 20.8 Å². The van der Waals surface area contributed by atoms with Crippen LogP contribution in [0, 0.1) is 5.82 Å². The summed E-state index contributed by atoms with van der Waals surface area (Å²) in [6, 6.07) is 4.96. The van der Waals surface area contributed by atoms with E-state index in [-0.39, 0.29) is 18.5 Å². The van der Waals surface area contributed by atoms with Crippen molar-refractivity contribution in [3.8, 4) is 0 Å². The van der Waals surface area contributed by atoms with Gasteiger partial charge in [0.2, 0.25) is 0 Å². The van der Waals surface area contributed by atoms with Crippen molar-refractivity contribution in [3.05, 3.63) is 34.1 Å². The number of hydrogen-bond donors (Lipinski definition) is 1. The fraction of sp³-hybridized carbons (Fsp3) is 0.500. The molecule has 0 aliphatic carbocycles. The van der Waals surface area contributed by atoms with Crippen LogP contribution in [0.5, 0.6) is 0 Å². The summed E-state index contributed by atoms with van der Waals surface area (Å²) < 4.78 is 14.0. The number of hydrogen-bond acceptors (Lipinski definition) is 2. The second-order valence-corrected chi connectivity index (χ2v) is 5.04. The summed E-state index contributed by atoms with van der Waals surface area (Å²) in [5.74, 6) is -0.210. The quantitative estimate of drug-likeness (QED) is 0.924. The first kappa shape index (κ1) is 12.0. The molecular weight excluding hydrogens is 273 g/mol. The molecule has 16 heavy (non-hydrogen) atoms. The molecule has 2 rings (SSSR count). The Kier molecular flexibility index (Phi) is 3.95. The molecule has 0 unspecified atom stereocenters. The Morgan fingerprint density at radius 1 is 1.50 bits per heavy atom. The zero-order chi connectivity index (χ0) is 11.5. The van der Waals surface area contributed by atoms with Gasteiger partial charge in [0.1, 0.15) is 5.82 Å². The van der Waals surface area contributed by atoms with Crippen molar-refractivity contribution in [2.45, 2.75) is 25.4 Å². The van der Waals surface area contributed by atoms with E-state index < -0.39 is 0 Å². The van der Waals surface area contributed by atoms with Crippen LogP contribution in [0.1, 0.15) is 18.4 Å². The van der Waals surface area contributed by atoms with Crippen LogP contribution in [0.15, 0.2) is 22.7 Å². The van der Waals surface area contributed by atoms with E-state index in [1.807, 2.05) is 0 Å². The normalized spacial score (nSPS) is 21.6. The molecule has 0 amide bonds. The summed E-state index contributed by atoms with van der Waals surface area (Å²) in [6.07, 6.45) is 2.14. The van der Waals surface area contributed by atoms with E-state index in [4.69, 9.17) is 0 Å². The van der Waals surface area contributed by atoms with E-state index in [0.717, 1.165) is 29.4 Å². The van der Waals surface area contributed by atoms with Crippen LogP contribution in [0.25, 0.3) is 0 Å². The Morgan fingerprint density at radius 2 is 2.31 bits per heavy atom. The van der Waals surface area contributed by atoms with Crippen molar-refractivity contribution in [2.75, 3.05) is 13.2 Å². The van der Waals surface area contributed by atoms with Gasteiger partial charge in [-0.25, -0.2) is 4.39 Å². The van der Waals surface area contributed by atoms with E-state index in [9.17, 15) is 9.50 Å². The van der Waals surface area contributed by atoms with Crippen molar-refractivity contribution in [2.24, 2.45) is 0 Å². The lowest BCUT2D eigenvalue weighted by Crippen LogP contribution is -2.31. The Morgan fingerprint density at radius 3 is 3.06 bits per heavy atom. The Balaban J connectivity index is 2.11. The van der Waals surface area contributed by atoms with Gasteiger partial charge < -0.3 is 5.11 Å². The topological polar surface area (TPSA) is 23.5 Å². The summed E-state index contributed by atoms with van der Waals surface area (Å²) in [4.78, 5) is 2.21. The van der Waals surface area contributed by atoms with Crippen LogP contribution in [0.4, 0.5) is 4.39 Å². The lowest BCUT2D eigenvalue weighted by atomic mass is 10.2. The minimum atomic E-state index is -0.210. The number of likely N-dealkylation sites (tertiary alicyclic amines) is 1. The summed E-state index contributed by atoms with van der Waals surface area (Å²) >= 11 is 3.42. The molecule has 1 saturated heterocycles. The van der Waals surface area contributed by atoms with Crippen LogP contribution in [-0.4, -0.2) is 29.2 Å². The third-order valence-electron chi connectivity index (χ3n) is 3.09. The number of nitrogens with zero attached hydrogens (tertiary/aromatic N) is 1. The van der Waals surface area contributed by atoms with Gasteiger partial charge in [0.05, 0.1) is 6.61 Å². The predicted octanol–water partition coefficient (Wildman–Crippen LogP) is 2.54. The van der Waals surface area contributed by atoms with Crippen molar-refractivity contribution in [1.29, 1.82) is 0 Å². The number of benzene rings is 1. The van der Waals surface area contributed by atoms with Crippen molar-refractivity contribution in [1.82, 2.24) is 4.90 Å². The van der Waals surface area contributed by atoms with Crippen LogP contribution < -0.4 is 0 Å². The summed E-state index contributed by atoms with van der Waals surface area (Å²) in [6.45, 7) is 1.87. The van der Waals surface area contributed by atoms with Crippen molar-refractivity contribution in [3.63, 3.8) is 0 Å². The van der Waals surface area contributed by atoms with Crippen LogP contribution >= 0.6 is 15.9 Å². The molecule has 0 saturated carbocycles. The molecule has 2 nitrogen and oxygen atoms in total. The van der Waals surface area contributed by atoms with E-state index in [1.54, 1.807) is 12.1 Å². The first-order valence-corrected chi connectivity index (χ1v) is 6.29. The lowest BCUT2D eigenvalue weighted by Gasteiger charge is -2.23. The van der Waals surface area contributed by atoms with Gasteiger partial charge in [-0.3, -0.25) is 4.90 Å². The Labute approximate surface area is 103 Å². The highest BCUT2D eigenvalue weighted by molar-refractivity contribution is 9.10. The predicted molar refractivity (Wildman–Crippen MR) is 64.6 cm³/mol. The first-order chi connectivity index (χ1) is 7.70. The SMILES string of the molecule is OC[C@H]1CCCN1Cc1cc(F)ccc1Br. The highest BCUT2D eigenvalue weighted by atomic mass is 79.9. The fourth-order valence-electron chi connectivity index (χ4n) is 2.19. The molecule has 1 aromatic carbocycles. The molecule has 1 fully saturated rings. The van der Waals surface area contributed by atoms with Crippen LogP contribution in [0.3, 0.4) is 0 Å². The number of aliphatic hydroxyl groups excluding tert-OH is 1. The second kappa shape index (κ2) is 5.25. The van der Waals surface area contributed by atoms with E-state index in [1.165, 1.54) is 6.07 Å². The van der Waals surface area contributed by atoms with E-state index in [0.29, 0.717) is 6.54 Å². The highest BCUT2D eigenvalue weighted by Crippen LogP contribution is 2.24. The van der Waals surface area contributed by atoms with Gasteiger partial charge in [-0.1, -0.05) is 15.9 Å². The Hall–Kier alpha value is -0.450. The smallest absolute Gasteiger partial charge is 0.123 e. The summed E-state index contributed by atoms with van der Waals surface area (Å²) in [5.41, 5.74) is 0.945. The minimum absolute atomic E-state index is 0.187. The molecule has 0 radical (unpaired) electrons. The molecule has 1 atom stereocenters. The molecule has 0 spiro atoms. The molecule has 88 valence electrons. The van der Waals surface area contributed by atoms with Crippen LogP contribution in [0.2, 0.25) is 0 Å². The van der Waals surface area contributed by atoms with Gasteiger partial charge in [0.25, 0.3) is 0 Å². The van der Waals surface area contributed by atoms with Gasteiger partial charge in [0.15, 0.2) is 0 Å². The van der Waals surface area contributed by atoms with Crippen molar-refractivity contribution >= 4 is 15.9 Å². The van der Waals surface area contributed by atoms with Crippen molar-refractivity contribution < 1.29 is 9.50 Å². The molecule has 1 aromatic rings. The third-order valence-corrected chi connectivity index (χ3v) is 3.86. The third kappa shape index (κ3) is 2.62. The maximum Gasteiger partial charge on any atom is 0.123 e. The number of aliphatic hydroxyl groups is 1. The maximum atomic E-state index is 13.1. The molecule has 1 N–H and O–H groups in total. The number of halogens is 2. The van der Waals surface area contributed by atoms with Crippen LogP contribution in [-0.2, 0) is 6.54 Å². The maximum absolute atomic E-state index is 13.1. The second-order valence-electron chi connectivity index (χ2n) is 4.18.